The minimum absolute atomic E-state index is 0.00287. The first kappa shape index (κ1) is 118. The van der Waals surface area contributed by atoms with E-state index in [1.807, 2.05) is 0 Å². The molecular formula is C85H80B12F12O32S4-4. The molecule has 32 nitrogen and oxygen atoms in total. The topological polar surface area (TPSA) is 492 Å². The van der Waals surface area contributed by atoms with E-state index in [-0.39, 0.29) is 136 Å². The van der Waals surface area contributed by atoms with Crippen LogP contribution in [0.5, 0.6) is 0 Å². The van der Waals surface area contributed by atoms with Crippen molar-refractivity contribution in [3.05, 3.63) is 138 Å². The molecule has 2 aliphatic heterocycles. The summed E-state index contributed by atoms with van der Waals surface area (Å²) in [5.74, 6) is -29.5. The number of carbonyl (C=O) groups is 10. The standard InChI is InChI=1S/2C22H20B3F3O9S.C21H22B3F3O7S.C20H22B3F3O7S/c23-4-8-1-9(5-24)13(6-25)10(2-8)19(29)36-17-11-3-12-16(17)21(31)37-18(12)15(11)20(30)35-14(22(26,27)28)7-38(32,33)34;23-4-8-1-9(5-24)13(6-25)10(2-8)19(29)36-17-11-3-12-16(21(31)37-18(12)17)15(11)20(30)35-14(22(26,27)28)7-38(32,33)34;22-6-11-1-12(7-23)16(8-24)15(4-11)19(28)33-17-5-10-2-13(17)14(3-10)20(29)34-18(21(25,26)27)9-35(30,31)32;21-7-11-4-13(8-22)16(9-23)15(5-11)19(28)32-14-3-1-2-12(6-14)18(27)33-17(20(24,25)26)10-34(29,30)31/h2*1-2,11-12,14-18H,3-7H2,(H,32,33,34);1,4,10,13-14,17-18H,2-3,5-9H2,(H,30,31,32);4-5,12,14,17H,1-3,6-10H2,(H,29,30,31)/p-4. The van der Waals surface area contributed by atoms with Gasteiger partial charge in [-0.15, -0.1) is 0 Å². The van der Waals surface area contributed by atoms with E-state index in [0.29, 0.717) is 92.4 Å². The molecule has 7 saturated carbocycles. The third-order valence-electron chi connectivity index (χ3n) is 26.7. The molecule has 4 aromatic carbocycles. The number of ether oxygens (including phenoxy) is 10. The highest BCUT2D eigenvalue weighted by Gasteiger charge is 2.73. The molecule has 0 spiro atoms. The van der Waals surface area contributed by atoms with Gasteiger partial charge in [0.2, 0.25) is 24.4 Å². The van der Waals surface area contributed by atoms with Gasteiger partial charge < -0.3 is 65.6 Å². The summed E-state index contributed by atoms with van der Waals surface area (Å²) in [7, 11) is 47.5. The Bertz CT molecular complexity index is 6010. The largest absolute Gasteiger partial charge is 0.748 e. The second kappa shape index (κ2) is 47.6. The van der Waals surface area contributed by atoms with Crippen LogP contribution in [0.3, 0.4) is 0 Å². The number of benzene rings is 4. The molecule has 760 valence electrons. The van der Waals surface area contributed by atoms with Gasteiger partial charge in [-0.2, -0.15) is 52.7 Å². The van der Waals surface area contributed by atoms with E-state index in [4.69, 9.17) is 123 Å². The van der Waals surface area contributed by atoms with E-state index in [2.05, 4.69) is 18.9 Å². The molecule has 0 amide bonds. The maximum absolute atomic E-state index is 13.3. The summed E-state index contributed by atoms with van der Waals surface area (Å²) in [6, 6.07) is 12.8. The summed E-state index contributed by atoms with van der Waals surface area (Å²) < 4.78 is 339. The van der Waals surface area contributed by atoms with Gasteiger partial charge in [0.1, 0.15) is 48.5 Å². The first-order valence-corrected chi connectivity index (χ1v) is 50.8. The van der Waals surface area contributed by atoms with E-state index >= 15 is 0 Å². The van der Waals surface area contributed by atoms with Crippen LogP contribution in [-0.4, -0.2) is 314 Å². The molecule has 9 aliphatic rings. The Balaban J connectivity index is 0.000000199. The fourth-order valence-electron chi connectivity index (χ4n) is 20.4. The molecule has 145 heavy (non-hydrogen) atoms. The number of alkyl halides is 12. The first-order chi connectivity index (χ1) is 67.4. The van der Waals surface area contributed by atoms with Crippen molar-refractivity contribution in [2.75, 3.05) is 23.0 Å². The number of carbonyl (C=O) groups excluding carboxylic acids is 10. The molecular weight excluding hydrogens is 2020 g/mol. The minimum Gasteiger partial charge on any atom is -0.748 e. The highest BCUT2D eigenvalue weighted by Crippen LogP contribution is 2.61. The zero-order valence-electron chi connectivity index (χ0n) is 76.2. The number of rotatable bonds is 36. The highest BCUT2D eigenvalue weighted by atomic mass is 32.2. The lowest BCUT2D eigenvalue weighted by molar-refractivity contribution is -0.220. The predicted molar refractivity (Wildman–Crippen MR) is 481 cm³/mol. The average Bonchev–Trinajstić information content (AvgIpc) is 1.55. The van der Waals surface area contributed by atoms with Gasteiger partial charge in [-0.05, 0) is 110 Å². The number of fused-ring (bicyclic) bond motifs is 4. The molecule has 6 bridgehead atoms. The van der Waals surface area contributed by atoms with Gasteiger partial charge in [0, 0.05) is 29.6 Å². The van der Waals surface area contributed by atoms with Crippen molar-refractivity contribution in [1.82, 2.24) is 0 Å². The lowest BCUT2D eigenvalue weighted by atomic mass is 9.78. The summed E-state index contributed by atoms with van der Waals surface area (Å²) in [6.45, 7) is 0. The Kier molecular flexibility index (Phi) is 38.7. The van der Waals surface area contributed by atoms with E-state index in [9.17, 15) is 153 Å². The quantitative estimate of drug-likeness (QED) is 0.0208. The van der Waals surface area contributed by atoms with Crippen LogP contribution < -0.4 is 0 Å². The summed E-state index contributed by atoms with van der Waals surface area (Å²) in [4.78, 5) is 128. The SMILES string of the molecule is [B]Cc1cc(C[B])c(C[B])c(C(=O)OC2C3CC4C(OC(=O)C42)C3C(=O)OC(CS(=O)(=O)[O-])C(F)(F)F)c1.[B]Cc1cc(C[B])c(C[B])c(C(=O)OC2C3CC4C2OC(=O)C4C3C(=O)OC(CS(=O)(=O)[O-])C(F)(F)F)c1.[B]Cc1cc(C[B])c(C[B])c(C(=O)OC2CC3CC(C(=O)OC(CS(=O)(=O)[O-])C(F)(F)F)C2C3)c1.[B]Cc1cc(C[B])c(C[B])c(C(=O)OC2CCCC(C(=O)OC(CS(=O)(=O)[O-])C(F)(F)F)C2)c1. The van der Waals surface area contributed by atoms with Gasteiger partial charge in [-0.25, -0.2) is 52.8 Å². The molecule has 9 fully saturated rings. The second-order valence-corrected chi connectivity index (χ2v) is 41.6. The molecule has 2 saturated heterocycles. The zero-order chi connectivity index (χ0) is 108. The van der Waals surface area contributed by atoms with Crippen LogP contribution in [0.4, 0.5) is 52.7 Å². The third-order valence-corrected chi connectivity index (χ3v) is 29.6. The van der Waals surface area contributed by atoms with Crippen molar-refractivity contribution in [2.45, 2.75) is 219 Å². The van der Waals surface area contributed by atoms with Crippen LogP contribution in [0.1, 0.15) is 166 Å². The minimum atomic E-state index is -5.42. The van der Waals surface area contributed by atoms with Gasteiger partial charge in [0.05, 0.1) is 204 Å². The lowest BCUT2D eigenvalue weighted by Crippen LogP contribution is -2.47. The van der Waals surface area contributed by atoms with Crippen molar-refractivity contribution in [3.8, 4) is 0 Å². The smallest absolute Gasteiger partial charge is 0.426 e. The van der Waals surface area contributed by atoms with Crippen molar-refractivity contribution in [3.63, 3.8) is 0 Å². The van der Waals surface area contributed by atoms with Crippen molar-refractivity contribution < 1.29 is 200 Å². The van der Waals surface area contributed by atoms with Gasteiger partial charge in [-0.3, -0.25) is 28.8 Å². The molecule has 60 heteroatoms. The fraction of sp³-hybridized carbons (Fsp3) is 0.600. The van der Waals surface area contributed by atoms with Crippen molar-refractivity contribution in [1.29, 1.82) is 0 Å². The van der Waals surface area contributed by atoms with E-state index < -0.39 is 274 Å². The van der Waals surface area contributed by atoms with E-state index in [1.165, 1.54) is 18.2 Å². The van der Waals surface area contributed by atoms with Gasteiger partial charge in [0.15, 0.2) is 0 Å². The summed E-state index contributed by atoms with van der Waals surface area (Å²) in [6.07, 6.45) is -37.3. The number of hydrogen-bond donors (Lipinski definition) is 0. The van der Waals surface area contributed by atoms with Crippen LogP contribution in [0.15, 0.2) is 48.5 Å². The number of esters is 10. The zero-order valence-corrected chi connectivity index (χ0v) is 79.4. The molecule has 4 aromatic rings. The number of hydrogen-bond acceptors (Lipinski definition) is 32. The van der Waals surface area contributed by atoms with Gasteiger partial charge in [-0.1, -0.05) is 145 Å². The summed E-state index contributed by atoms with van der Waals surface area (Å²) >= 11 is 0. The molecule has 2 heterocycles. The molecule has 0 N–H and O–H groups in total. The van der Waals surface area contributed by atoms with Crippen molar-refractivity contribution >= 4 is 194 Å². The summed E-state index contributed by atoms with van der Waals surface area (Å²) in [5.41, 5.74) is 6.88. The molecule has 22 atom stereocenters. The Morgan fingerprint density at radius 1 is 0.345 bits per heavy atom. The second-order valence-electron chi connectivity index (χ2n) is 35.8. The molecule has 0 aromatic heterocycles. The molecule has 13 rings (SSSR count). The highest BCUT2D eigenvalue weighted by molar-refractivity contribution is 7.86. The predicted octanol–water partition coefficient (Wildman–Crippen LogP) is 2.80. The van der Waals surface area contributed by atoms with Gasteiger partial charge in [0.25, 0.3) is 0 Å². The average molecular weight is 2100 g/mol. The van der Waals surface area contributed by atoms with Crippen LogP contribution in [0.2, 0.25) is 0 Å². The normalized spacial score (nSPS) is 25.7. The van der Waals surface area contributed by atoms with Crippen LogP contribution >= 0.6 is 0 Å². The Hall–Kier alpha value is -8.84. The Labute approximate surface area is 840 Å². The monoisotopic (exact) mass is 2100 g/mol. The van der Waals surface area contributed by atoms with Crippen LogP contribution in [-0.2, 0) is 192 Å². The summed E-state index contributed by atoms with van der Waals surface area (Å²) in [5, 5.41) is 0. The van der Waals surface area contributed by atoms with Crippen LogP contribution in [0.25, 0.3) is 0 Å². The van der Waals surface area contributed by atoms with E-state index in [1.54, 1.807) is 30.3 Å². The Morgan fingerprint density at radius 2 is 0.669 bits per heavy atom. The Morgan fingerprint density at radius 3 is 1.02 bits per heavy atom. The van der Waals surface area contributed by atoms with E-state index in [0.717, 1.165) is 0 Å². The maximum Gasteiger partial charge on any atom is 0.426 e. The van der Waals surface area contributed by atoms with Gasteiger partial charge >= 0.3 is 84.4 Å². The van der Waals surface area contributed by atoms with Crippen molar-refractivity contribution in [2.24, 2.45) is 71.0 Å². The van der Waals surface area contributed by atoms with Crippen LogP contribution in [0, 0.1) is 71.0 Å². The maximum atomic E-state index is 13.3. The fourth-order valence-corrected chi connectivity index (χ4v) is 22.9. The number of halogens is 12. The molecule has 24 radical (unpaired) electrons. The molecule has 22 unspecified atom stereocenters. The molecule has 7 aliphatic carbocycles. The third kappa shape index (κ3) is 28.7. The lowest BCUT2D eigenvalue weighted by Gasteiger charge is -2.32. The first-order valence-electron chi connectivity index (χ1n) is 44.5.